The zero-order valence-electron chi connectivity index (χ0n) is 20.1. The molecule has 10 heteroatoms. The Labute approximate surface area is 205 Å². The molecular weight excluding hydrogens is 472 g/mol. The van der Waals surface area contributed by atoms with Crippen LogP contribution in [-0.4, -0.2) is 44.0 Å². The highest BCUT2D eigenvalue weighted by atomic mass is 32.2. The second kappa shape index (κ2) is 10.9. The van der Waals surface area contributed by atoms with E-state index in [0.29, 0.717) is 34.2 Å². The molecule has 0 fully saturated rings. The van der Waals surface area contributed by atoms with Gasteiger partial charge in [0.1, 0.15) is 5.69 Å². The number of rotatable bonds is 10. The number of sulfonamides is 1. The second-order valence-corrected chi connectivity index (χ2v) is 8.91. The number of benzene rings is 3. The second-order valence-electron chi connectivity index (χ2n) is 7.23. The first-order valence-corrected chi connectivity index (χ1v) is 11.9. The van der Waals surface area contributed by atoms with E-state index < -0.39 is 10.0 Å². The van der Waals surface area contributed by atoms with E-state index in [1.165, 1.54) is 59.8 Å². The van der Waals surface area contributed by atoms with Crippen molar-refractivity contribution in [2.45, 2.75) is 4.90 Å². The van der Waals surface area contributed by atoms with E-state index in [1.54, 1.807) is 36.4 Å². The molecule has 0 aromatic heterocycles. The molecule has 0 radical (unpaired) electrons. The number of nitrogens with one attached hydrogen (secondary N) is 1. The zero-order valence-corrected chi connectivity index (χ0v) is 20.9. The summed E-state index contributed by atoms with van der Waals surface area (Å²) in [5.74, 6) is 2.05. The van der Waals surface area contributed by atoms with Gasteiger partial charge in [-0.2, -0.15) is 0 Å². The first-order valence-electron chi connectivity index (χ1n) is 10.4. The zero-order chi connectivity index (χ0) is 25.6. The molecule has 3 aromatic carbocycles. The molecule has 0 amide bonds. The molecule has 0 aliphatic carbocycles. The molecule has 35 heavy (non-hydrogen) atoms. The maximum absolute atomic E-state index is 13.1. The number of hydrogen-bond donors (Lipinski definition) is 2. The van der Waals surface area contributed by atoms with Gasteiger partial charge in [-0.1, -0.05) is 12.2 Å². The maximum atomic E-state index is 13.1. The van der Waals surface area contributed by atoms with E-state index in [-0.39, 0.29) is 16.3 Å². The lowest BCUT2D eigenvalue weighted by Crippen LogP contribution is -2.15. The number of nitrogen functional groups attached to an aromatic ring is 1. The van der Waals surface area contributed by atoms with Gasteiger partial charge in [-0.15, -0.1) is 0 Å². The van der Waals surface area contributed by atoms with Crippen LogP contribution in [0.25, 0.3) is 12.2 Å². The van der Waals surface area contributed by atoms with Crippen molar-refractivity contribution in [1.29, 1.82) is 0 Å². The quantitative estimate of drug-likeness (QED) is 0.313. The van der Waals surface area contributed by atoms with Gasteiger partial charge in [-0.25, -0.2) is 8.42 Å². The van der Waals surface area contributed by atoms with Crippen molar-refractivity contribution in [3.63, 3.8) is 0 Å². The standard InChI is InChI=1S/C25H28N2O7S/c1-30-20-13-8-17(7-6-16-14-21(31-2)24(33-4)22(15-16)32-3)23(25(20)34-5)27-35(28,29)19-11-9-18(26)10-12-19/h6-15,27H,26H2,1-5H3/b7-6-. The minimum Gasteiger partial charge on any atom is -0.493 e. The van der Waals surface area contributed by atoms with Crippen molar-refractivity contribution >= 4 is 33.6 Å². The Kier molecular flexibility index (Phi) is 7.98. The summed E-state index contributed by atoms with van der Waals surface area (Å²) in [7, 11) is 3.54. The highest BCUT2D eigenvalue weighted by Gasteiger charge is 2.21. The third-order valence-corrected chi connectivity index (χ3v) is 6.51. The van der Waals surface area contributed by atoms with Gasteiger partial charge in [0, 0.05) is 11.3 Å². The van der Waals surface area contributed by atoms with Crippen LogP contribution in [0, 0.1) is 0 Å². The molecule has 0 bridgehead atoms. The molecule has 0 atom stereocenters. The monoisotopic (exact) mass is 500 g/mol. The molecule has 0 saturated carbocycles. The lowest BCUT2D eigenvalue weighted by atomic mass is 10.1. The Hall–Kier alpha value is -4.05. The summed E-state index contributed by atoms with van der Waals surface area (Å²) in [6.07, 6.45) is 3.52. The first kappa shape index (κ1) is 25.6. The van der Waals surface area contributed by atoms with Crippen molar-refractivity contribution in [2.75, 3.05) is 46.0 Å². The molecule has 0 unspecified atom stereocenters. The van der Waals surface area contributed by atoms with Crippen LogP contribution in [0.4, 0.5) is 11.4 Å². The summed E-state index contributed by atoms with van der Waals surface area (Å²) in [6.45, 7) is 0. The summed E-state index contributed by atoms with van der Waals surface area (Å²) in [5.41, 5.74) is 7.64. The average Bonchev–Trinajstić information content (AvgIpc) is 2.86. The first-order chi connectivity index (χ1) is 16.8. The third-order valence-electron chi connectivity index (χ3n) is 5.15. The fourth-order valence-electron chi connectivity index (χ4n) is 3.41. The van der Waals surface area contributed by atoms with Crippen molar-refractivity contribution in [2.24, 2.45) is 0 Å². The predicted molar refractivity (Wildman–Crippen MR) is 136 cm³/mol. The number of methoxy groups -OCH3 is 5. The van der Waals surface area contributed by atoms with E-state index in [0.717, 1.165) is 5.56 Å². The highest BCUT2D eigenvalue weighted by Crippen LogP contribution is 2.41. The van der Waals surface area contributed by atoms with E-state index >= 15 is 0 Å². The van der Waals surface area contributed by atoms with Crippen LogP contribution < -0.4 is 34.1 Å². The summed E-state index contributed by atoms with van der Waals surface area (Å²) in [5, 5.41) is 0. The third kappa shape index (κ3) is 5.55. The molecule has 0 spiro atoms. The Morgan fingerprint density at radius 2 is 1.29 bits per heavy atom. The Bertz CT molecular complexity index is 1300. The number of hydrogen-bond acceptors (Lipinski definition) is 8. The SMILES string of the molecule is COc1cc(/C=C\c2ccc(OC)c(OC)c2NS(=O)(=O)c2ccc(N)cc2)cc(OC)c1OC. The number of ether oxygens (including phenoxy) is 5. The van der Waals surface area contributed by atoms with Crippen LogP contribution in [0.5, 0.6) is 28.7 Å². The van der Waals surface area contributed by atoms with Crippen molar-refractivity contribution in [3.05, 3.63) is 59.7 Å². The fourth-order valence-corrected chi connectivity index (χ4v) is 4.50. The van der Waals surface area contributed by atoms with Gasteiger partial charge < -0.3 is 29.4 Å². The van der Waals surface area contributed by atoms with Gasteiger partial charge in [0.05, 0.1) is 40.4 Å². The average molecular weight is 501 g/mol. The normalized spacial score (nSPS) is 11.2. The van der Waals surface area contributed by atoms with E-state index in [9.17, 15) is 8.42 Å². The van der Waals surface area contributed by atoms with Gasteiger partial charge in [0.25, 0.3) is 10.0 Å². The van der Waals surface area contributed by atoms with Crippen LogP contribution in [0.15, 0.2) is 53.4 Å². The number of anilines is 2. The van der Waals surface area contributed by atoms with Gasteiger partial charge in [0.15, 0.2) is 23.0 Å². The minimum atomic E-state index is -3.95. The van der Waals surface area contributed by atoms with Crippen molar-refractivity contribution < 1.29 is 32.1 Å². The van der Waals surface area contributed by atoms with E-state index in [4.69, 9.17) is 29.4 Å². The minimum absolute atomic E-state index is 0.0520. The van der Waals surface area contributed by atoms with Crippen molar-refractivity contribution in [3.8, 4) is 28.7 Å². The molecule has 186 valence electrons. The fraction of sp³-hybridized carbons (Fsp3) is 0.200. The van der Waals surface area contributed by atoms with Crippen molar-refractivity contribution in [1.82, 2.24) is 0 Å². The van der Waals surface area contributed by atoms with Crippen LogP contribution in [-0.2, 0) is 10.0 Å². The van der Waals surface area contributed by atoms with Crippen LogP contribution in [0.3, 0.4) is 0 Å². The van der Waals surface area contributed by atoms with Crippen LogP contribution >= 0.6 is 0 Å². The highest BCUT2D eigenvalue weighted by molar-refractivity contribution is 7.92. The number of nitrogens with two attached hydrogens (primary N) is 1. The molecule has 0 aliphatic rings. The smallest absolute Gasteiger partial charge is 0.262 e. The lowest BCUT2D eigenvalue weighted by Gasteiger charge is -2.17. The maximum Gasteiger partial charge on any atom is 0.262 e. The molecule has 3 N–H and O–H groups in total. The lowest BCUT2D eigenvalue weighted by molar-refractivity contribution is 0.324. The van der Waals surface area contributed by atoms with Gasteiger partial charge in [-0.3, -0.25) is 4.72 Å². The summed E-state index contributed by atoms with van der Waals surface area (Å²) < 4.78 is 55.9. The Morgan fingerprint density at radius 1 is 0.714 bits per heavy atom. The molecule has 3 rings (SSSR count). The molecule has 0 aliphatic heterocycles. The van der Waals surface area contributed by atoms with E-state index in [1.807, 2.05) is 0 Å². The van der Waals surface area contributed by atoms with Gasteiger partial charge in [0.2, 0.25) is 5.75 Å². The largest absolute Gasteiger partial charge is 0.493 e. The predicted octanol–water partition coefficient (Wildman–Crippen LogP) is 4.28. The van der Waals surface area contributed by atoms with E-state index in [2.05, 4.69) is 4.72 Å². The molecule has 0 heterocycles. The van der Waals surface area contributed by atoms with Gasteiger partial charge >= 0.3 is 0 Å². The van der Waals surface area contributed by atoms with Gasteiger partial charge in [-0.05, 0) is 54.1 Å². The Balaban J connectivity index is 2.10. The van der Waals surface area contributed by atoms with Crippen LogP contribution in [0.2, 0.25) is 0 Å². The molecule has 0 saturated heterocycles. The summed E-state index contributed by atoms with van der Waals surface area (Å²) in [6, 6.07) is 12.8. The molecule has 3 aromatic rings. The summed E-state index contributed by atoms with van der Waals surface area (Å²) in [4.78, 5) is 0.0520. The molecule has 9 nitrogen and oxygen atoms in total. The van der Waals surface area contributed by atoms with Crippen LogP contribution in [0.1, 0.15) is 11.1 Å². The molecular formula is C25H28N2O7S. The summed E-state index contributed by atoms with van der Waals surface area (Å²) >= 11 is 0. The Morgan fingerprint density at radius 3 is 1.80 bits per heavy atom. The topological polar surface area (TPSA) is 118 Å².